The molecule has 0 radical (unpaired) electrons. The lowest BCUT2D eigenvalue weighted by atomic mass is 10.0. The number of benzene rings is 1. The number of nitrogens with zero attached hydrogens (tertiary/aromatic N) is 7. The molecule has 13 heteroatoms. The number of imidazole rings is 1. The van der Waals surface area contributed by atoms with Gasteiger partial charge in [-0.2, -0.15) is 8.78 Å². The highest BCUT2D eigenvalue weighted by Crippen LogP contribution is 2.37. The van der Waals surface area contributed by atoms with Crippen molar-refractivity contribution in [1.82, 2.24) is 34.4 Å². The summed E-state index contributed by atoms with van der Waals surface area (Å²) in [5.41, 5.74) is 2.28. The van der Waals surface area contributed by atoms with Crippen molar-refractivity contribution >= 4 is 16.9 Å². The molecule has 204 valence electrons. The fraction of sp³-hybridized carbons (Fsp3) is 0.346. The number of likely N-dealkylation sites (tertiary alicyclic amines) is 1. The zero-order chi connectivity index (χ0) is 27.7. The first-order valence-electron chi connectivity index (χ1n) is 12.3. The number of rotatable bonds is 8. The Kier molecular flexibility index (Phi) is 7.33. The second-order valence-corrected chi connectivity index (χ2v) is 9.19. The van der Waals surface area contributed by atoms with Crippen LogP contribution in [0.2, 0.25) is 0 Å². The molecule has 5 rings (SSSR count). The lowest BCUT2D eigenvalue weighted by molar-refractivity contribution is -0.127. The third-order valence-corrected chi connectivity index (χ3v) is 6.86. The Morgan fingerprint density at radius 2 is 2.03 bits per heavy atom. The van der Waals surface area contributed by atoms with Gasteiger partial charge in [-0.05, 0) is 50.1 Å². The van der Waals surface area contributed by atoms with E-state index in [9.17, 15) is 23.1 Å². The topological polar surface area (TPSA) is 111 Å². The van der Waals surface area contributed by atoms with Crippen LogP contribution in [0.1, 0.15) is 42.9 Å². The van der Waals surface area contributed by atoms with Crippen LogP contribution in [-0.2, 0) is 4.79 Å². The third kappa shape index (κ3) is 5.09. The van der Waals surface area contributed by atoms with Crippen LogP contribution in [0, 0.1) is 12.7 Å². The minimum absolute atomic E-state index is 0.0238. The van der Waals surface area contributed by atoms with Crippen LogP contribution in [0.5, 0.6) is 5.75 Å². The molecule has 0 spiro atoms. The van der Waals surface area contributed by atoms with Gasteiger partial charge in [0.25, 0.3) is 0 Å². The molecule has 0 aliphatic carbocycles. The van der Waals surface area contributed by atoms with Crippen molar-refractivity contribution in [2.75, 3.05) is 19.7 Å². The number of alkyl halides is 2. The van der Waals surface area contributed by atoms with E-state index in [4.69, 9.17) is 4.74 Å². The molecule has 0 bridgehead atoms. The number of aliphatic hydroxyl groups excluding tert-OH is 1. The van der Waals surface area contributed by atoms with Gasteiger partial charge in [-0.3, -0.25) is 14.3 Å². The van der Waals surface area contributed by atoms with Crippen LogP contribution in [0.3, 0.4) is 0 Å². The molecule has 3 aromatic heterocycles. The number of halogens is 3. The molecular formula is C26H26F3N7O3. The maximum absolute atomic E-state index is 13.8. The van der Waals surface area contributed by atoms with Crippen LogP contribution in [0.4, 0.5) is 13.2 Å². The van der Waals surface area contributed by atoms with Crippen LogP contribution >= 0.6 is 0 Å². The summed E-state index contributed by atoms with van der Waals surface area (Å²) in [5, 5.41) is 18.7. The van der Waals surface area contributed by atoms with Crippen LogP contribution in [0.25, 0.3) is 22.3 Å². The van der Waals surface area contributed by atoms with Crippen LogP contribution in [-0.4, -0.2) is 65.1 Å². The average molecular weight is 542 g/mol. The molecule has 1 fully saturated rings. The molecule has 4 heterocycles. The number of aliphatic hydroxyl groups is 1. The van der Waals surface area contributed by atoms with Gasteiger partial charge in [0, 0.05) is 18.7 Å². The molecule has 0 saturated carbocycles. The van der Waals surface area contributed by atoms with Crippen molar-refractivity contribution in [1.29, 1.82) is 0 Å². The number of hydrogen-bond donors (Lipinski definition) is 1. The standard InChI is InChI=1S/C26H26F3N7O3/c1-3-23(38)34-8-6-18(7-9-34)36-15(2)24(32-33-36)16-10-20-25(35(14-31-20)26(28)29)21(11-16)39-22(13-37)19-5-4-17(27)12-30-19/h3-5,10-12,14,18,22,26,37H,1,6-9,13H2,2H3. The monoisotopic (exact) mass is 541 g/mol. The van der Waals surface area contributed by atoms with E-state index in [1.807, 2.05) is 11.6 Å². The van der Waals surface area contributed by atoms with Gasteiger partial charge in [-0.1, -0.05) is 11.8 Å². The van der Waals surface area contributed by atoms with E-state index in [1.165, 1.54) is 18.2 Å². The van der Waals surface area contributed by atoms with Gasteiger partial charge in [0.15, 0.2) is 6.10 Å². The largest absolute Gasteiger partial charge is 0.479 e. The number of ether oxygens (including phenoxy) is 1. The molecule has 39 heavy (non-hydrogen) atoms. The molecule has 1 amide bonds. The van der Waals surface area contributed by atoms with Gasteiger partial charge >= 0.3 is 6.55 Å². The van der Waals surface area contributed by atoms with Gasteiger partial charge in [-0.15, -0.1) is 5.10 Å². The number of carbonyl (C=O) groups is 1. The highest BCUT2D eigenvalue weighted by atomic mass is 19.3. The zero-order valence-corrected chi connectivity index (χ0v) is 21.0. The first kappa shape index (κ1) is 26.4. The minimum atomic E-state index is -2.89. The lowest BCUT2D eigenvalue weighted by Gasteiger charge is -2.31. The van der Waals surface area contributed by atoms with E-state index < -0.39 is 25.1 Å². The van der Waals surface area contributed by atoms with Crippen molar-refractivity contribution in [2.24, 2.45) is 0 Å². The maximum atomic E-state index is 13.8. The molecule has 1 aliphatic rings. The van der Waals surface area contributed by atoms with Gasteiger partial charge in [0.2, 0.25) is 5.91 Å². The van der Waals surface area contributed by atoms with Crippen molar-refractivity contribution in [3.8, 4) is 17.0 Å². The molecule has 1 aliphatic heterocycles. The maximum Gasteiger partial charge on any atom is 0.320 e. The van der Waals surface area contributed by atoms with Gasteiger partial charge in [-0.25, -0.2) is 14.1 Å². The smallest absolute Gasteiger partial charge is 0.320 e. The number of carbonyl (C=O) groups excluding carboxylic acids is 1. The Labute approximate surface area is 221 Å². The molecule has 4 aromatic rings. The lowest BCUT2D eigenvalue weighted by Crippen LogP contribution is -2.38. The summed E-state index contributed by atoms with van der Waals surface area (Å²) in [4.78, 5) is 21.8. The third-order valence-electron chi connectivity index (χ3n) is 6.86. The van der Waals surface area contributed by atoms with Crippen molar-refractivity contribution < 1.29 is 27.8 Å². The molecule has 1 N–H and O–H groups in total. The highest BCUT2D eigenvalue weighted by molar-refractivity contribution is 5.88. The Morgan fingerprint density at radius 3 is 2.67 bits per heavy atom. The number of amides is 1. The Hall–Kier alpha value is -4.26. The van der Waals surface area contributed by atoms with Gasteiger partial charge in [0.05, 0.1) is 35.8 Å². The summed E-state index contributed by atoms with van der Waals surface area (Å²) >= 11 is 0. The van der Waals surface area contributed by atoms with E-state index >= 15 is 0 Å². The zero-order valence-electron chi connectivity index (χ0n) is 21.0. The first-order chi connectivity index (χ1) is 18.8. The summed E-state index contributed by atoms with van der Waals surface area (Å²) in [7, 11) is 0. The van der Waals surface area contributed by atoms with Gasteiger partial charge < -0.3 is 14.7 Å². The van der Waals surface area contributed by atoms with E-state index in [-0.39, 0.29) is 34.4 Å². The normalized spacial score (nSPS) is 15.2. The SMILES string of the molecule is C=CC(=O)N1CCC(n2nnc(-c3cc(OC(CO)c4ccc(F)cn4)c4c(c3)ncn4C(F)F)c2C)CC1. The highest BCUT2D eigenvalue weighted by Gasteiger charge is 2.27. The summed E-state index contributed by atoms with van der Waals surface area (Å²) in [6, 6.07) is 5.72. The number of piperidine rings is 1. The van der Waals surface area contributed by atoms with Crippen molar-refractivity contribution in [3.63, 3.8) is 0 Å². The molecular weight excluding hydrogens is 515 g/mol. The summed E-state index contributed by atoms with van der Waals surface area (Å²) in [6.07, 6.45) is 3.63. The molecule has 1 atom stereocenters. The van der Waals surface area contributed by atoms with E-state index in [2.05, 4.69) is 26.9 Å². The molecule has 1 saturated heterocycles. The summed E-state index contributed by atoms with van der Waals surface area (Å²) in [6.45, 7) is 3.11. The summed E-state index contributed by atoms with van der Waals surface area (Å²) < 4.78 is 49.5. The fourth-order valence-electron chi connectivity index (χ4n) is 4.84. The number of fused-ring (bicyclic) bond motifs is 1. The van der Waals surface area contributed by atoms with E-state index in [0.717, 1.165) is 18.2 Å². The van der Waals surface area contributed by atoms with Crippen molar-refractivity contribution in [3.05, 3.63) is 66.6 Å². The Morgan fingerprint density at radius 1 is 1.26 bits per heavy atom. The second kappa shape index (κ2) is 10.8. The number of pyridine rings is 1. The second-order valence-electron chi connectivity index (χ2n) is 9.19. The molecule has 1 unspecified atom stereocenters. The van der Waals surface area contributed by atoms with Crippen LogP contribution in [0.15, 0.2) is 49.4 Å². The van der Waals surface area contributed by atoms with E-state index in [1.54, 1.807) is 17.0 Å². The first-order valence-corrected chi connectivity index (χ1v) is 12.3. The van der Waals surface area contributed by atoms with Crippen molar-refractivity contribution in [2.45, 2.75) is 38.5 Å². The Bertz CT molecular complexity index is 1490. The minimum Gasteiger partial charge on any atom is -0.479 e. The number of aromatic nitrogens is 6. The Balaban J connectivity index is 1.50. The predicted octanol–water partition coefficient (Wildman–Crippen LogP) is 3.99. The summed E-state index contributed by atoms with van der Waals surface area (Å²) in [5.74, 6) is -0.645. The predicted molar refractivity (Wildman–Crippen MR) is 134 cm³/mol. The molecule has 1 aromatic carbocycles. The van der Waals surface area contributed by atoms with Crippen LogP contribution < -0.4 is 4.74 Å². The fourth-order valence-corrected chi connectivity index (χ4v) is 4.84. The number of hydrogen-bond acceptors (Lipinski definition) is 7. The van der Waals surface area contributed by atoms with Gasteiger partial charge in [0.1, 0.15) is 29.1 Å². The van der Waals surface area contributed by atoms with E-state index in [0.29, 0.717) is 41.8 Å². The molecule has 10 nitrogen and oxygen atoms in total. The average Bonchev–Trinajstić information content (AvgIpc) is 3.55. The quantitative estimate of drug-likeness (QED) is 0.336.